The molecule has 1 saturated heterocycles. The van der Waals surface area contributed by atoms with Crippen LogP contribution in [-0.4, -0.2) is 30.0 Å². The van der Waals surface area contributed by atoms with Gasteiger partial charge in [0.25, 0.3) is 0 Å². The van der Waals surface area contributed by atoms with Crippen LogP contribution in [0.15, 0.2) is 36.7 Å². The van der Waals surface area contributed by atoms with Crippen molar-refractivity contribution in [2.24, 2.45) is 0 Å². The number of likely N-dealkylation sites (tertiary alicyclic amines) is 1. The van der Waals surface area contributed by atoms with Crippen LogP contribution >= 0.6 is 0 Å². The maximum Gasteiger partial charge on any atom is 0.0270 e. The maximum atomic E-state index is 4.02. The number of allylic oxidation sites excluding steroid dienone is 2. The molecule has 0 radical (unpaired) electrons. The molecule has 0 spiro atoms. The summed E-state index contributed by atoms with van der Waals surface area (Å²) in [6.07, 6.45) is 10.3. The van der Waals surface area contributed by atoms with Crippen molar-refractivity contribution in [2.45, 2.75) is 88.0 Å². The summed E-state index contributed by atoms with van der Waals surface area (Å²) in [5.74, 6) is 0.734. The highest BCUT2D eigenvalue weighted by Crippen LogP contribution is 2.25. The minimum Gasteiger partial charge on any atom is -0.306 e. The van der Waals surface area contributed by atoms with Crippen molar-refractivity contribution in [3.63, 3.8) is 0 Å². The summed E-state index contributed by atoms with van der Waals surface area (Å²) >= 11 is 0. The molecule has 0 aromatic carbocycles. The van der Waals surface area contributed by atoms with Crippen LogP contribution < -0.4 is 0 Å². The van der Waals surface area contributed by atoms with Crippen molar-refractivity contribution < 1.29 is 0 Å². The highest BCUT2D eigenvalue weighted by molar-refractivity contribution is 5.17. The normalized spacial score (nSPS) is 14.8. The second-order valence-corrected chi connectivity index (χ2v) is 4.90. The third-order valence-corrected chi connectivity index (χ3v) is 2.90. The molecule has 1 atom stereocenters. The number of pyridine rings is 1. The topological polar surface area (TPSA) is 16.1 Å². The summed E-state index contributed by atoms with van der Waals surface area (Å²) in [6.45, 7) is 22.7. The molecule has 2 heteroatoms. The van der Waals surface area contributed by atoms with Gasteiger partial charge in [-0.1, -0.05) is 74.0 Å². The van der Waals surface area contributed by atoms with Crippen LogP contribution in [0.4, 0.5) is 0 Å². The first-order valence-electron chi connectivity index (χ1n) is 10.3. The Labute approximate surface area is 160 Å². The third kappa shape index (κ3) is 22.9. The first kappa shape index (κ1) is 31.6. The molecular formula is C23H48N2. The predicted molar refractivity (Wildman–Crippen MR) is 120 cm³/mol. The second-order valence-electron chi connectivity index (χ2n) is 4.90. The lowest BCUT2D eigenvalue weighted by Gasteiger charge is -2.09. The van der Waals surface area contributed by atoms with Crippen LogP contribution in [0.5, 0.6) is 0 Å². The average Bonchev–Trinajstić information content (AvgIpc) is 3.14. The molecule has 2 heterocycles. The Morgan fingerprint density at radius 2 is 1.36 bits per heavy atom. The molecule has 1 fully saturated rings. The number of hydrogen-bond acceptors (Lipinski definition) is 2. The maximum absolute atomic E-state index is 4.02. The third-order valence-electron chi connectivity index (χ3n) is 2.90. The Balaban J connectivity index is -0.000000143. The molecule has 0 aliphatic carbocycles. The van der Waals surface area contributed by atoms with Gasteiger partial charge in [-0.25, -0.2) is 0 Å². The van der Waals surface area contributed by atoms with Crippen molar-refractivity contribution in [3.8, 4) is 0 Å². The van der Waals surface area contributed by atoms with Crippen LogP contribution in [0.1, 0.15) is 93.6 Å². The quantitative estimate of drug-likeness (QED) is 0.484. The number of aromatic nitrogens is 1. The van der Waals surface area contributed by atoms with Crippen molar-refractivity contribution in [2.75, 3.05) is 20.1 Å². The molecule has 2 nitrogen and oxygen atoms in total. The number of hydrogen-bond donors (Lipinski definition) is 0. The summed E-state index contributed by atoms with van der Waals surface area (Å²) in [7, 11) is 2.18. The van der Waals surface area contributed by atoms with Gasteiger partial charge >= 0.3 is 0 Å². The van der Waals surface area contributed by atoms with Gasteiger partial charge in [-0.15, -0.1) is 0 Å². The van der Waals surface area contributed by atoms with E-state index in [1.54, 1.807) is 0 Å². The molecular weight excluding hydrogens is 304 g/mol. The molecule has 25 heavy (non-hydrogen) atoms. The van der Waals surface area contributed by atoms with Gasteiger partial charge in [0.1, 0.15) is 0 Å². The van der Waals surface area contributed by atoms with E-state index in [1.807, 2.05) is 79.9 Å². The van der Waals surface area contributed by atoms with Gasteiger partial charge in [-0.3, -0.25) is 4.98 Å². The van der Waals surface area contributed by atoms with Gasteiger partial charge in [0, 0.05) is 18.9 Å². The Morgan fingerprint density at radius 1 is 0.960 bits per heavy atom. The van der Waals surface area contributed by atoms with Crippen LogP contribution in [-0.2, 0) is 0 Å². The zero-order valence-corrected chi connectivity index (χ0v) is 19.3. The largest absolute Gasteiger partial charge is 0.306 e. The fourth-order valence-electron chi connectivity index (χ4n) is 1.84. The fourth-order valence-corrected chi connectivity index (χ4v) is 1.84. The molecule has 1 aromatic rings. The lowest BCUT2D eigenvalue weighted by Crippen LogP contribution is -2.13. The smallest absolute Gasteiger partial charge is 0.0270 e. The molecule has 1 aromatic heterocycles. The Morgan fingerprint density at radius 3 is 1.64 bits per heavy atom. The van der Waals surface area contributed by atoms with Crippen LogP contribution in [0, 0.1) is 0 Å². The van der Waals surface area contributed by atoms with Crippen molar-refractivity contribution in [1.82, 2.24) is 9.88 Å². The van der Waals surface area contributed by atoms with E-state index >= 15 is 0 Å². The summed E-state index contributed by atoms with van der Waals surface area (Å²) in [6, 6.07) is 4.26. The molecule has 1 aliphatic rings. The zero-order valence-electron chi connectivity index (χ0n) is 19.3. The number of likely N-dealkylation sites (N-methyl/N-ethyl adjacent to an activating group) is 1. The van der Waals surface area contributed by atoms with E-state index in [9.17, 15) is 0 Å². The van der Waals surface area contributed by atoms with Gasteiger partial charge in [-0.05, 0) is 57.5 Å². The lowest BCUT2D eigenvalue weighted by atomic mass is 10.0. The molecule has 0 saturated carbocycles. The van der Waals surface area contributed by atoms with E-state index in [1.165, 1.54) is 31.5 Å². The van der Waals surface area contributed by atoms with Gasteiger partial charge in [0.15, 0.2) is 0 Å². The monoisotopic (exact) mass is 352 g/mol. The average molecular weight is 353 g/mol. The fraction of sp³-hybridized carbons (Fsp3) is 0.696. The summed E-state index contributed by atoms with van der Waals surface area (Å²) in [4.78, 5) is 6.40. The standard InChI is InChI=1S/C10H14N2.C4H8.C3H8.3C2H6/c1-12-7-4-10(8-12)9-2-5-11-6-3-9;1-3-4-2;1-3-2;3*1-2/h2-3,5-6,10H,4,7-8H2,1H3;3-4H,1-2H3;3H2,1-2H3;3*1-2H3/b;4-3-;;;;. The lowest BCUT2D eigenvalue weighted by molar-refractivity contribution is 0.411. The first-order valence-corrected chi connectivity index (χ1v) is 10.3. The molecule has 0 bridgehead atoms. The Kier molecular flexibility index (Phi) is 38.8. The molecule has 0 amide bonds. The van der Waals surface area contributed by atoms with Gasteiger partial charge in [-0.2, -0.15) is 0 Å². The van der Waals surface area contributed by atoms with Crippen molar-refractivity contribution in [3.05, 3.63) is 42.2 Å². The van der Waals surface area contributed by atoms with E-state index in [-0.39, 0.29) is 0 Å². The van der Waals surface area contributed by atoms with E-state index in [4.69, 9.17) is 0 Å². The molecule has 1 unspecified atom stereocenters. The molecule has 2 rings (SSSR count). The summed E-state index contributed by atoms with van der Waals surface area (Å²) in [5.41, 5.74) is 1.44. The Hall–Kier alpha value is -1.15. The predicted octanol–water partition coefficient (Wildman–Crippen LogP) is 7.58. The van der Waals surface area contributed by atoms with Crippen LogP contribution in [0.3, 0.4) is 0 Å². The van der Waals surface area contributed by atoms with E-state index in [2.05, 4.69) is 42.9 Å². The minimum absolute atomic E-state index is 0.734. The summed E-state index contributed by atoms with van der Waals surface area (Å²) in [5, 5.41) is 0. The molecule has 0 N–H and O–H groups in total. The highest BCUT2D eigenvalue weighted by atomic mass is 15.1. The molecule has 150 valence electrons. The summed E-state index contributed by atoms with van der Waals surface area (Å²) < 4.78 is 0. The first-order chi connectivity index (χ1) is 12.2. The highest BCUT2D eigenvalue weighted by Gasteiger charge is 2.20. The van der Waals surface area contributed by atoms with Gasteiger partial charge < -0.3 is 4.90 Å². The van der Waals surface area contributed by atoms with E-state index in [0.717, 1.165) is 5.92 Å². The van der Waals surface area contributed by atoms with Crippen molar-refractivity contribution >= 4 is 0 Å². The SMILES string of the molecule is C/C=C\C.CC.CC.CC.CCC.CN1CCC(c2ccncc2)C1. The van der Waals surface area contributed by atoms with E-state index < -0.39 is 0 Å². The van der Waals surface area contributed by atoms with Gasteiger partial charge in [0.05, 0.1) is 0 Å². The Bertz CT molecular complexity index is 316. The van der Waals surface area contributed by atoms with Crippen molar-refractivity contribution in [1.29, 1.82) is 0 Å². The van der Waals surface area contributed by atoms with Crippen LogP contribution in [0.25, 0.3) is 0 Å². The van der Waals surface area contributed by atoms with E-state index in [0.29, 0.717) is 0 Å². The zero-order chi connectivity index (χ0) is 20.5. The van der Waals surface area contributed by atoms with Crippen LogP contribution in [0.2, 0.25) is 0 Å². The minimum atomic E-state index is 0.734. The molecule has 1 aliphatic heterocycles. The number of nitrogens with zero attached hydrogens (tertiary/aromatic N) is 2. The van der Waals surface area contributed by atoms with Gasteiger partial charge in [0.2, 0.25) is 0 Å². The second kappa shape index (κ2) is 30.7. The number of rotatable bonds is 1.